The summed E-state index contributed by atoms with van der Waals surface area (Å²) in [7, 11) is 0. The normalized spacial score (nSPS) is 11.4. The lowest BCUT2D eigenvalue weighted by Crippen LogP contribution is -2.27. The molecule has 5 aromatic rings. The van der Waals surface area contributed by atoms with Crippen molar-refractivity contribution in [2.45, 2.75) is 39.9 Å². The Balaban J connectivity index is 1.37. The van der Waals surface area contributed by atoms with Gasteiger partial charge in [-0.15, -0.1) is 10.2 Å². The lowest BCUT2D eigenvalue weighted by Gasteiger charge is -2.22. The van der Waals surface area contributed by atoms with Crippen LogP contribution in [0.5, 0.6) is 5.75 Å². The van der Waals surface area contributed by atoms with Gasteiger partial charge in [0, 0.05) is 24.2 Å². The molecule has 0 aliphatic carbocycles. The molecule has 0 fully saturated rings. The summed E-state index contributed by atoms with van der Waals surface area (Å²) < 4.78 is 1.95. The lowest BCUT2D eigenvalue weighted by molar-refractivity contribution is 0.247. The van der Waals surface area contributed by atoms with Gasteiger partial charge < -0.3 is 9.67 Å². The second kappa shape index (κ2) is 10.7. The first-order valence-electron chi connectivity index (χ1n) is 12.2. The van der Waals surface area contributed by atoms with Crippen LogP contribution in [0.2, 0.25) is 0 Å². The van der Waals surface area contributed by atoms with Crippen molar-refractivity contribution in [3.8, 4) is 5.75 Å². The number of aryl methyl sites for hydroxylation is 2. The monoisotopic (exact) mass is 478 g/mol. The summed E-state index contributed by atoms with van der Waals surface area (Å²) >= 11 is 0. The van der Waals surface area contributed by atoms with E-state index in [2.05, 4.69) is 69.5 Å². The minimum absolute atomic E-state index is 0.178. The van der Waals surface area contributed by atoms with Crippen molar-refractivity contribution >= 4 is 10.9 Å². The Hall–Kier alpha value is -4.10. The van der Waals surface area contributed by atoms with E-state index < -0.39 is 0 Å². The van der Waals surface area contributed by atoms with Crippen molar-refractivity contribution in [2.24, 2.45) is 0 Å². The Kier molecular flexibility index (Phi) is 7.00. The molecular weight excluding hydrogens is 448 g/mol. The van der Waals surface area contributed by atoms with Gasteiger partial charge in [0.15, 0.2) is 0 Å². The van der Waals surface area contributed by atoms with Crippen molar-refractivity contribution in [3.63, 3.8) is 0 Å². The highest BCUT2D eigenvalue weighted by Gasteiger charge is 2.15. The van der Waals surface area contributed by atoms with Gasteiger partial charge in [-0.25, -0.2) is 0 Å². The van der Waals surface area contributed by atoms with Crippen molar-refractivity contribution in [1.82, 2.24) is 29.6 Å². The highest BCUT2D eigenvalue weighted by atomic mass is 16.3. The average Bonchev–Trinajstić information content (AvgIpc) is 3.32. The van der Waals surface area contributed by atoms with Crippen molar-refractivity contribution in [2.75, 3.05) is 6.54 Å². The third-order valence-electron chi connectivity index (χ3n) is 6.35. The van der Waals surface area contributed by atoms with Gasteiger partial charge in [-0.2, -0.15) is 0 Å². The van der Waals surface area contributed by atoms with Gasteiger partial charge in [-0.3, -0.25) is 14.9 Å². The Labute approximate surface area is 211 Å². The predicted octanol–water partition coefficient (Wildman–Crippen LogP) is 4.84. The topological polar surface area (TPSA) is 80.0 Å². The fourth-order valence-corrected chi connectivity index (χ4v) is 4.30. The maximum Gasteiger partial charge on any atom is 0.147 e. The van der Waals surface area contributed by atoms with Crippen LogP contribution < -0.4 is 0 Å². The third kappa shape index (κ3) is 5.75. The van der Waals surface area contributed by atoms with Crippen LogP contribution in [0.15, 0.2) is 79.1 Å². The number of hydrogen-bond acceptors (Lipinski definition) is 6. The third-order valence-corrected chi connectivity index (χ3v) is 6.35. The number of para-hydroxylation sites is 1. The molecule has 1 N–H and O–H groups in total. The number of benzene rings is 2. The van der Waals surface area contributed by atoms with Crippen LogP contribution in [-0.2, 0) is 26.1 Å². The molecule has 0 unspecified atom stereocenters. The first kappa shape index (κ1) is 23.6. The zero-order valence-electron chi connectivity index (χ0n) is 20.7. The Morgan fingerprint density at radius 1 is 0.861 bits per heavy atom. The molecule has 0 amide bonds. The molecular formula is C29H30N6O. The fraction of sp³-hybridized carbons (Fsp3) is 0.241. The summed E-state index contributed by atoms with van der Waals surface area (Å²) in [6, 6.07) is 24.6. The molecule has 36 heavy (non-hydrogen) atoms. The standard InChI is InChI=1S/C29H30N6O/c1-21-7-10-23(11-8-21)15-16-34(17-25-13-12-24-5-3-4-6-26(24)32-25)19-29-33-30-20-35(29)18-27-28(36)14-9-22(2)31-27/h3-14,20,36H,15-19H2,1-2H3. The van der Waals surface area contributed by atoms with Crippen LogP contribution in [-0.4, -0.2) is 41.3 Å². The second-order valence-corrected chi connectivity index (χ2v) is 9.24. The Morgan fingerprint density at radius 2 is 1.69 bits per heavy atom. The first-order chi connectivity index (χ1) is 17.5. The molecule has 3 aromatic heterocycles. The van der Waals surface area contributed by atoms with Crippen molar-refractivity contribution in [1.29, 1.82) is 0 Å². The number of pyridine rings is 2. The highest BCUT2D eigenvalue weighted by molar-refractivity contribution is 5.78. The summed E-state index contributed by atoms with van der Waals surface area (Å²) in [5, 5.41) is 20.0. The highest BCUT2D eigenvalue weighted by Crippen LogP contribution is 2.18. The van der Waals surface area contributed by atoms with Crippen LogP contribution in [0.3, 0.4) is 0 Å². The van der Waals surface area contributed by atoms with E-state index in [-0.39, 0.29) is 5.75 Å². The largest absolute Gasteiger partial charge is 0.506 e. The van der Waals surface area contributed by atoms with Crippen LogP contribution >= 0.6 is 0 Å². The summed E-state index contributed by atoms with van der Waals surface area (Å²) in [6.07, 6.45) is 2.62. The number of nitrogens with zero attached hydrogens (tertiary/aromatic N) is 6. The van der Waals surface area contributed by atoms with Crippen molar-refractivity contribution in [3.05, 3.63) is 113 Å². The lowest BCUT2D eigenvalue weighted by atomic mass is 10.1. The molecule has 182 valence electrons. The number of rotatable bonds is 9. The van der Waals surface area contributed by atoms with E-state index >= 15 is 0 Å². The molecule has 7 nitrogen and oxygen atoms in total. The van der Waals surface area contributed by atoms with E-state index in [0.717, 1.165) is 41.1 Å². The molecule has 0 bridgehead atoms. The molecule has 2 aromatic carbocycles. The van der Waals surface area contributed by atoms with E-state index in [0.29, 0.717) is 25.3 Å². The number of aromatic hydroxyl groups is 1. The molecule has 0 saturated heterocycles. The van der Waals surface area contributed by atoms with Gasteiger partial charge >= 0.3 is 0 Å². The predicted molar refractivity (Wildman–Crippen MR) is 141 cm³/mol. The smallest absolute Gasteiger partial charge is 0.147 e. The zero-order chi connectivity index (χ0) is 24.9. The molecule has 5 rings (SSSR count). The van der Waals surface area contributed by atoms with Crippen LogP contribution in [0.4, 0.5) is 0 Å². The van der Waals surface area contributed by atoms with Crippen LogP contribution in [0.1, 0.15) is 34.0 Å². The minimum Gasteiger partial charge on any atom is -0.506 e. The van der Waals surface area contributed by atoms with E-state index in [9.17, 15) is 5.11 Å². The molecule has 3 heterocycles. The molecule has 0 aliphatic heterocycles. The Morgan fingerprint density at radius 3 is 2.56 bits per heavy atom. The SMILES string of the molecule is Cc1ccc(CCN(Cc2ccc3ccccc3n2)Cc2nncn2Cc2nc(C)ccc2O)cc1. The maximum absolute atomic E-state index is 10.3. The van der Waals surface area contributed by atoms with Gasteiger partial charge in [0.2, 0.25) is 0 Å². The summed E-state index contributed by atoms with van der Waals surface area (Å²) in [5.74, 6) is 0.999. The molecule has 0 radical (unpaired) electrons. The summed E-state index contributed by atoms with van der Waals surface area (Å²) in [4.78, 5) is 11.7. The quantitative estimate of drug-likeness (QED) is 0.327. The number of hydrogen-bond donors (Lipinski definition) is 1. The Bertz CT molecular complexity index is 1460. The molecule has 0 aliphatic rings. The van der Waals surface area contributed by atoms with Gasteiger partial charge in [0.25, 0.3) is 0 Å². The van der Waals surface area contributed by atoms with Gasteiger partial charge in [0.05, 0.1) is 24.3 Å². The maximum atomic E-state index is 10.3. The molecule has 0 spiro atoms. The summed E-state index contributed by atoms with van der Waals surface area (Å²) in [5.41, 5.74) is 6.04. The summed E-state index contributed by atoms with van der Waals surface area (Å²) in [6.45, 7) is 6.58. The van der Waals surface area contributed by atoms with E-state index in [4.69, 9.17) is 4.98 Å². The fourth-order valence-electron chi connectivity index (χ4n) is 4.30. The van der Waals surface area contributed by atoms with Gasteiger partial charge in [-0.05, 0) is 50.1 Å². The molecule has 0 atom stereocenters. The molecule has 0 saturated carbocycles. The van der Waals surface area contributed by atoms with E-state index in [1.54, 1.807) is 18.5 Å². The average molecular weight is 479 g/mol. The van der Waals surface area contributed by atoms with Crippen LogP contribution in [0, 0.1) is 13.8 Å². The van der Waals surface area contributed by atoms with Gasteiger partial charge in [0.1, 0.15) is 23.6 Å². The second-order valence-electron chi connectivity index (χ2n) is 9.24. The van der Waals surface area contributed by atoms with Crippen LogP contribution in [0.25, 0.3) is 10.9 Å². The van der Waals surface area contributed by atoms with E-state index in [1.165, 1.54) is 11.1 Å². The number of fused-ring (bicyclic) bond motifs is 1. The van der Waals surface area contributed by atoms with E-state index in [1.807, 2.05) is 29.7 Å². The zero-order valence-corrected chi connectivity index (χ0v) is 20.7. The van der Waals surface area contributed by atoms with Gasteiger partial charge in [-0.1, -0.05) is 54.1 Å². The molecule has 7 heteroatoms. The number of aromatic nitrogens is 5. The first-order valence-corrected chi connectivity index (χ1v) is 12.2. The van der Waals surface area contributed by atoms with Crippen molar-refractivity contribution < 1.29 is 5.11 Å². The minimum atomic E-state index is 0.178.